The van der Waals surface area contributed by atoms with E-state index in [0.717, 1.165) is 30.5 Å². The molecule has 0 saturated carbocycles. The fraction of sp³-hybridized carbons (Fsp3) is 0.263. The van der Waals surface area contributed by atoms with E-state index in [1.807, 2.05) is 18.2 Å². The molecule has 1 unspecified atom stereocenters. The molecule has 2 aromatic carbocycles. The van der Waals surface area contributed by atoms with Crippen LogP contribution in [0, 0.1) is 0 Å². The van der Waals surface area contributed by atoms with Gasteiger partial charge in [-0.3, -0.25) is 9.59 Å². The number of nitrogens with two attached hydrogens (primary N) is 1. The largest absolute Gasteiger partial charge is 0.399 e. The van der Waals surface area contributed by atoms with Crippen molar-refractivity contribution in [2.75, 3.05) is 11.1 Å². The molecule has 1 aliphatic rings. The van der Waals surface area contributed by atoms with E-state index in [0.29, 0.717) is 11.3 Å². The highest BCUT2D eigenvalue weighted by Gasteiger charge is 2.22. The van der Waals surface area contributed by atoms with Crippen molar-refractivity contribution in [2.45, 2.75) is 32.2 Å². The Kier molecular flexibility index (Phi) is 6.04. The number of hydrogen-bond donors (Lipinski definition) is 3. The third kappa shape index (κ3) is 4.51. The number of carbonyl (C=O) groups excluding carboxylic acids is 2. The fourth-order valence-electron chi connectivity index (χ4n) is 3.13. The summed E-state index contributed by atoms with van der Waals surface area (Å²) in [7, 11) is 0. The summed E-state index contributed by atoms with van der Waals surface area (Å²) in [6.45, 7) is 1.45. The topological polar surface area (TPSA) is 84.2 Å². The molecule has 4 N–H and O–H groups in total. The highest BCUT2D eigenvalue weighted by molar-refractivity contribution is 5.95. The molecule has 0 radical (unpaired) electrons. The molecular weight excluding hydrogens is 338 g/mol. The lowest BCUT2D eigenvalue weighted by atomic mass is 9.87. The van der Waals surface area contributed by atoms with Gasteiger partial charge in [0, 0.05) is 23.9 Å². The predicted molar refractivity (Wildman–Crippen MR) is 102 cm³/mol. The first kappa shape index (κ1) is 18.8. The SMILES string of the molecule is CC(=O)Nc1ccc(C(=O)NC2CCCc3cc(N)ccc32)cc1.Cl. The molecule has 132 valence electrons. The van der Waals surface area contributed by atoms with E-state index >= 15 is 0 Å². The molecule has 3 rings (SSSR count). The van der Waals surface area contributed by atoms with Gasteiger partial charge < -0.3 is 16.4 Å². The first-order chi connectivity index (χ1) is 11.5. The Bertz CT molecular complexity index is 775. The number of aryl methyl sites for hydroxylation is 1. The van der Waals surface area contributed by atoms with E-state index in [1.165, 1.54) is 12.5 Å². The summed E-state index contributed by atoms with van der Waals surface area (Å²) in [5, 5.41) is 5.79. The number of benzene rings is 2. The standard InChI is InChI=1S/C19H21N3O2.ClH/c1-12(23)21-16-8-5-13(6-9-16)19(24)22-18-4-2-3-14-11-15(20)7-10-17(14)18;/h5-11,18H,2-4,20H2,1H3,(H,21,23)(H,22,24);1H. The number of amides is 2. The van der Waals surface area contributed by atoms with Crippen LogP contribution in [0.3, 0.4) is 0 Å². The van der Waals surface area contributed by atoms with Crippen molar-refractivity contribution in [3.63, 3.8) is 0 Å². The Hall–Kier alpha value is -2.53. The zero-order valence-electron chi connectivity index (χ0n) is 14.0. The number of fused-ring (bicyclic) bond motifs is 1. The van der Waals surface area contributed by atoms with Crippen LogP contribution in [0.1, 0.15) is 47.3 Å². The minimum Gasteiger partial charge on any atom is -0.399 e. The molecule has 0 heterocycles. The van der Waals surface area contributed by atoms with Gasteiger partial charge in [-0.05, 0) is 66.8 Å². The maximum atomic E-state index is 12.5. The summed E-state index contributed by atoms with van der Waals surface area (Å²) in [5.74, 6) is -0.246. The van der Waals surface area contributed by atoms with Gasteiger partial charge in [-0.25, -0.2) is 0 Å². The zero-order valence-corrected chi connectivity index (χ0v) is 14.9. The van der Waals surface area contributed by atoms with Gasteiger partial charge in [0.1, 0.15) is 0 Å². The smallest absolute Gasteiger partial charge is 0.251 e. The average Bonchev–Trinajstić information content (AvgIpc) is 2.55. The number of hydrogen-bond acceptors (Lipinski definition) is 3. The van der Waals surface area contributed by atoms with Crippen molar-refractivity contribution < 1.29 is 9.59 Å². The van der Waals surface area contributed by atoms with Crippen molar-refractivity contribution in [1.29, 1.82) is 0 Å². The maximum absolute atomic E-state index is 12.5. The van der Waals surface area contributed by atoms with E-state index in [-0.39, 0.29) is 30.3 Å². The zero-order chi connectivity index (χ0) is 17.1. The second-order valence-corrected chi connectivity index (χ2v) is 6.14. The van der Waals surface area contributed by atoms with E-state index in [2.05, 4.69) is 10.6 Å². The van der Waals surface area contributed by atoms with Crippen molar-refractivity contribution in [3.8, 4) is 0 Å². The summed E-state index contributed by atoms with van der Waals surface area (Å²) in [4.78, 5) is 23.5. The molecule has 0 aromatic heterocycles. The average molecular weight is 360 g/mol. The minimum absolute atomic E-state index is 0. The van der Waals surface area contributed by atoms with Crippen LogP contribution < -0.4 is 16.4 Å². The van der Waals surface area contributed by atoms with Crippen LogP contribution in [0.25, 0.3) is 0 Å². The monoisotopic (exact) mass is 359 g/mol. The van der Waals surface area contributed by atoms with Crippen molar-refractivity contribution in [3.05, 3.63) is 59.2 Å². The van der Waals surface area contributed by atoms with Gasteiger partial charge in [-0.2, -0.15) is 0 Å². The Balaban J connectivity index is 0.00000225. The van der Waals surface area contributed by atoms with E-state index in [1.54, 1.807) is 24.3 Å². The predicted octanol–water partition coefficient (Wildman–Crippen LogP) is 3.46. The maximum Gasteiger partial charge on any atom is 0.251 e. The third-order valence-electron chi connectivity index (χ3n) is 4.25. The Morgan fingerprint density at radius 1 is 1.12 bits per heavy atom. The van der Waals surface area contributed by atoms with Crippen LogP contribution in [-0.2, 0) is 11.2 Å². The lowest BCUT2D eigenvalue weighted by Crippen LogP contribution is -2.31. The molecule has 0 bridgehead atoms. The summed E-state index contributed by atoms with van der Waals surface area (Å²) in [6.07, 6.45) is 2.95. The summed E-state index contributed by atoms with van der Waals surface area (Å²) in [6, 6.07) is 12.8. The van der Waals surface area contributed by atoms with Crippen LogP contribution in [0.15, 0.2) is 42.5 Å². The summed E-state index contributed by atoms with van der Waals surface area (Å²) < 4.78 is 0. The molecule has 5 nitrogen and oxygen atoms in total. The lowest BCUT2D eigenvalue weighted by molar-refractivity contribution is -0.114. The van der Waals surface area contributed by atoms with Gasteiger partial charge in [0.25, 0.3) is 5.91 Å². The minimum atomic E-state index is -0.134. The van der Waals surface area contributed by atoms with E-state index in [9.17, 15) is 9.59 Å². The lowest BCUT2D eigenvalue weighted by Gasteiger charge is -2.26. The third-order valence-corrected chi connectivity index (χ3v) is 4.25. The number of anilines is 2. The Morgan fingerprint density at radius 3 is 2.52 bits per heavy atom. The Morgan fingerprint density at radius 2 is 1.84 bits per heavy atom. The van der Waals surface area contributed by atoms with Crippen LogP contribution in [0.2, 0.25) is 0 Å². The van der Waals surface area contributed by atoms with Gasteiger partial charge in [0.2, 0.25) is 5.91 Å². The summed E-state index contributed by atoms with van der Waals surface area (Å²) >= 11 is 0. The molecule has 0 fully saturated rings. The number of nitrogens with one attached hydrogen (secondary N) is 2. The van der Waals surface area contributed by atoms with Gasteiger partial charge in [0.15, 0.2) is 0 Å². The molecule has 6 heteroatoms. The van der Waals surface area contributed by atoms with E-state index in [4.69, 9.17) is 5.73 Å². The van der Waals surface area contributed by atoms with Gasteiger partial charge in [0.05, 0.1) is 6.04 Å². The quantitative estimate of drug-likeness (QED) is 0.734. The van der Waals surface area contributed by atoms with Crippen LogP contribution in [0.4, 0.5) is 11.4 Å². The molecule has 0 aliphatic heterocycles. The van der Waals surface area contributed by atoms with Crippen molar-refractivity contribution in [1.82, 2.24) is 5.32 Å². The van der Waals surface area contributed by atoms with Gasteiger partial charge in [-0.1, -0.05) is 6.07 Å². The van der Waals surface area contributed by atoms with Crippen LogP contribution >= 0.6 is 12.4 Å². The molecule has 0 saturated heterocycles. The highest BCUT2D eigenvalue weighted by Crippen LogP contribution is 2.31. The molecule has 0 spiro atoms. The molecular formula is C19H22ClN3O2. The molecule has 1 atom stereocenters. The number of rotatable bonds is 3. The Labute approximate surface area is 153 Å². The van der Waals surface area contributed by atoms with Gasteiger partial charge >= 0.3 is 0 Å². The molecule has 25 heavy (non-hydrogen) atoms. The van der Waals surface area contributed by atoms with E-state index < -0.39 is 0 Å². The van der Waals surface area contributed by atoms with Gasteiger partial charge in [-0.15, -0.1) is 12.4 Å². The number of halogens is 1. The fourth-order valence-corrected chi connectivity index (χ4v) is 3.13. The second kappa shape index (κ2) is 8.03. The number of nitrogen functional groups attached to an aromatic ring is 1. The second-order valence-electron chi connectivity index (χ2n) is 6.14. The molecule has 2 amide bonds. The summed E-state index contributed by atoms with van der Waals surface area (Å²) in [5.41, 5.74) is 10.2. The first-order valence-electron chi connectivity index (χ1n) is 8.10. The van der Waals surface area contributed by atoms with Crippen LogP contribution in [0.5, 0.6) is 0 Å². The first-order valence-corrected chi connectivity index (χ1v) is 8.10. The normalized spacial score (nSPS) is 15.5. The van der Waals surface area contributed by atoms with Crippen molar-refractivity contribution in [2.24, 2.45) is 0 Å². The number of carbonyl (C=O) groups is 2. The molecule has 2 aromatic rings. The van der Waals surface area contributed by atoms with Crippen molar-refractivity contribution >= 4 is 35.6 Å². The highest BCUT2D eigenvalue weighted by atomic mass is 35.5. The van der Waals surface area contributed by atoms with Crippen LogP contribution in [-0.4, -0.2) is 11.8 Å². The molecule has 1 aliphatic carbocycles.